The first-order valence-electron chi connectivity index (χ1n) is 32.3. The van der Waals surface area contributed by atoms with E-state index in [-0.39, 0.29) is 170 Å². The monoisotopic (exact) mass is 1400 g/mol. The van der Waals surface area contributed by atoms with Gasteiger partial charge in [-0.2, -0.15) is 4.72 Å². The summed E-state index contributed by atoms with van der Waals surface area (Å²) in [6.45, 7) is 7.80. The third-order valence-corrected chi connectivity index (χ3v) is 17.2. The number of anilines is 1. The van der Waals surface area contributed by atoms with E-state index < -0.39 is 75.7 Å². The molecule has 4 aromatic rings. The number of nitrogens with zero attached hydrogens (tertiary/aromatic N) is 6. The van der Waals surface area contributed by atoms with Crippen LogP contribution in [-0.4, -0.2) is 279 Å². The van der Waals surface area contributed by atoms with Crippen LogP contribution in [0.2, 0.25) is 0 Å². The average molecular weight is 1400 g/mol. The number of aliphatic carboxylic acids is 4. The second kappa shape index (κ2) is 42.2. The predicted molar refractivity (Wildman–Crippen MR) is 356 cm³/mol. The zero-order valence-electron chi connectivity index (χ0n) is 55.9. The van der Waals surface area contributed by atoms with Gasteiger partial charge >= 0.3 is 23.9 Å². The van der Waals surface area contributed by atoms with Crippen LogP contribution in [0.5, 0.6) is 5.75 Å². The number of carboxylic acid groups (broad SMARTS) is 4. The number of aromatic amines is 1. The number of carbonyl (C=O) groups excluding carboxylic acids is 5. The van der Waals surface area contributed by atoms with E-state index in [1.807, 2.05) is 0 Å². The Balaban J connectivity index is 0.926. The molecule has 2 aromatic heterocycles. The van der Waals surface area contributed by atoms with Crippen molar-refractivity contribution in [2.24, 2.45) is 7.05 Å². The van der Waals surface area contributed by atoms with E-state index in [0.717, 1.165) is 5.56 Å². The molecule has 0 spiro atoms. The topological polar surface area (TPSA) is 453 Å². The molecular formula is C63H94N14O20S. The van der Waals surface area contributed by atoms with Gasteiger partial charge in [-0.1, -0.05) is 6.07 Å². The molecule has 2 aromatic carbocycles. The second-order valence-electron chi connectivity index (χ2n) is 23.3. The van der Waals surface area contributed by atoms with Crippen LogP contribution in [0.4, 0.5) is 5.95 Å². The molecule has 1 aliphatic heterocycles. The first-order chi connectivity index (χ1) is 46.8. The normalized spacial score (nSPS) is 14.4. The van der Waals surface area contributed by atoms with Crippen molar-refractivity contribution in [2.45, 2.75) is 82.8 Å². The summed E-state index contributed by atoms with van der Waals surface area (Å²) in [4.78, 5) is 139. The highest BCUT2D eigenvalue weighted by atomic mass is 32.2. The minimum Gasteiger partial charge on any atom is -0.494 e. The number of pyridine rings is 1. The minimum absolute atomic E-state index is 0.00180. The molecule has 98 heavy (non-hydrogen) atoms. The number of rotatable bonds is 43. The number of nitrogens with one attached hydrogen (secondary N) is 8. The van der Waals surface area contributed by atoms with Crippen molar-refractivity contribution in [2.75, 3.05) is 156 Å². The van der Waals surface area contributed by atoms with Crippen molar-refractivity contribution in [3.8, 4) is 5.75 Å². The van der Waals surface area contributed by atoms with Crippen LogP contribution in [0, 0.1) is 13.8 Å². The van der Waals surface area contributed by atoms with Crippen molar-refractivity contribution >= 4 is 80.3 Å². The molecule has 35 heteroatoms. The highest BCUT2D eigenvalue weighted by Gasteiger charge is 2.30. The van der Waals surface area contributed by atoms with Gasteiger partial charge in [-0.15, -0.1) is 0 Å². The molecule has 1 aliphatic rings. The standard InChI is InChI=1S/C63H94N14O20S/c1-5-64-53(79)13-12-49(71-54(80)39-74-18-20-75(40-55(81)82)22-24-77(42-57(85)86)25-23-76(21-19-74)41-56(83)84)61(89)66-15-8-27-95-30-32-96-31-29-94-26-7-14-65-52(78)9-6-28-97-46-33-43(2)59(44(3)34-46)98(92,93)72-50(62(90)91)37-69-60(88)48-38-73(4)51-35-45(10-11-47(51)58(48)87)36-70-63-67-16-17-68-63/h10-11,16-17,33-35,38,49-50,72H,5-9,12-15,18-32,36-37,39-42H2,1-4H3,(H,64,79)(H,65,78)(H,66,89)(H,69,88)(H,71,80)(H,81,82)(H,83,84)(H,85,86)(H,90,91)(H2,67,68,70)/t49-,50+/m1/s1. The summed E-state index contributed by atoms with van der Waals surface area (Å²) >= 11 is 0. The lowest BCUT2D eigenvalue weighted by molar-refractivity contribution is -0.140. The molecule has 0 radical (unpaired) electrons. The highest BCUT2D eigenvalue weighted by Crippen LogP contribution is 2.26. The summed E-state index contributed by atoms with van der Waals surface area (Å²) in [5.74, 6) is -6.38. The van der Waals surface area contributed by atoms with Gasteiger partial charge in [0.2, 0.25) is 39.1 Å². The van der Waals surface area contributed by atoms with Gasteiger partial charge in [0, 0.05) is 142 Å². The van der Waals surface area contributed by atoms with E-state index in [2.05, 4.69) is 46.6 Å². The molecule has 0 bridgehead atoms. The van der Waals surface area contributed by atoms with Crippen LogP contribution < -0.4 is 46.8 Å². The van der Waals surface area contributed by atoms with Crippen molar-refractivity contribution in [1.29, 1.82) is 0 Å². The van der Waals surface area contributed by atoms with Gasteiger partial charge in [-0.05, 0) is 87.4 Å². The number of aryl methyl sites for hydroxylation is 3. The summed E-state index contributed by atoms with van der Waals surface area (Å²) in [5, 5.41) is 55.3. The fourth-order valence-corrected chi connectivity index (χ4v) is 12.1. The Kier molecular flexibility index (Phi) is 34.5. The molecule has 5 amide bonds. The molecule has 1 saturated heterocycles. The number of carboxylic acids is 4. The van der Waals surface area contributed by atoms with Gasteiger partial charge in [0.25, 0.3) is 5.91 Å². The van der Waals surface area contributed by atoms with Gasteiger partial charge in [-0.3, -0.25) is 67.5 Å². The molecule has 2 atom stereocenters. The maximum atomic E-state index is 13.7. The molecule has 0 aliphatic carbocycles. The number of fused-ring (bicyclic) bond motifs is 1. The number of hydrogen-bond donors (Lipinski definition) is 12. The fourth-order valence-electron chi connectivity index (χ4n) is 10.5. The van der Waals surface area contributed by atoms with E-state index in [9.17, 15) is 76.8 Å². The second-order valence-corrected chi connectivity index (χ2v) is 24.9. The molecule has 3 heterocycles. The average Bonchev–Trinajstić information content (AvgIpc) is 0.845. The largest absolute Gasteiger partial charge is 0.494 e. The summed E-state index contributed by atoms with van der Waals surface area (Å²) in [6.07, 6.45) is 6.02. The lowest BCUT2D eigenvalue weighted by atomic mass is 10.1. The van der Waals surface area contributed by atoms with Gasteiger partial charge in [0.1, 0.15) is 23.4 Å². The molecular weight excluding hydrogens is 1300 g/mol. The Labute approximate surface area is 567 Å². The number of hydrogen-bond acceptors (Lipinski definition) is 22. The first-order valence-corrected chi connectivity index (χ1v) is 33.8. The van der Waals surface area contributed by atoms with Crippen LogP contribution in [0.3, 0.4) is 0 Å². The predicted octanol–water partition coefficient (Wildman–Crippen LogP) is -1.25. The number of ether oxygens (including phenoxy) is 4. The van der Waals surface area contributed by atoms with Gasteiger partial charge < -0.3 is 80.8 Å². The number of carbonyl (C=O) groups is 9. The zero-order chi connectivity index (χ0) is 71.6. The van der Waals surface area contributed by atoms with Gasteiger partial charge in [0.05, 0.1) is 69.6 Å². The SMILES string of the molecule is CCNC(=O)CC[C@@H](NC(=O)CN1CCN(CC(=O)O)CCN(CC(=O)O)CCN(CC(=O)O)CC1)C(=O)NCCCOCCOCCOCCCNC(=O)CCCOc1cc(C)c(S(=O)(=O)N[C@@H](CNC(=O)c2cn(C)c3cc(CNc4ncc[nH]4)ccc3c2=O)C(=O)O)c(C)c1. The Morgan fingerprint density at radius 3 is 1.71 bits per heavy atom. The first kappa shape index (κ1) is 80.0. The van der Waals surface area contributed by atoms with E-state index in [0.29, 0.717) is 75.9 Å². The van der Waals surface area contributed by atoms with E-state index in [1.165, 1.54) is 32.2 Å². The number of amides is 5. The van der Waals surface area contributed by atoms with Crippen molar-refractivity contribution in [3.63, 3.8) is 0 Å². The lowest BCUT2D eigenvalue weighted by Crippen LogP contribution is -2.52. The van der Waals surface area contributed by atoms with Crippen molar-refractivity contribution in [3.05, 3.63) is 81.4 Å². The van der Waals surface area contributed by atoms with Gasteiger partial charge in [-0.25, -0.2) is 13.4 Å². The fraction of sp³-hybridized carbons (Fsp3) is 0.571. The van der Waals surface area contributed by atoms with Crippen molar-refractivity contribution in [1.82, 2.24) is 65.4 Å². The smallest absolute Gasteiger partial charge is 0.323 e. The number of sulfonamides is 1. The Morgan fingerprint density at radius 1 is 0.643 bits per heavy atom. The number of H-pyrrole nitrogens is 1. The molecule has 0 saturated carbocycles. The van der Waals surface area contributed by atoms with Crippen LogP contribution in [0.25, 0.3) is 10.9 Å². The number of aromatic nitrogens is 3. The molecule has 0 unspecified atom stereocenters. The van der Waals surface area contributed by atoms with Crippen molar-refractivity contribution < 1.29 is 90.9 Å². The Bertz CT molecular complexity index is 3410. The summed E-state index contributed by atoms with van der Waals surface area (Å²) in [5.41, 5.74) is 1.03. The molecule has 1 fully saturated rings. The summed E-state index contributed by atoms with van der Waals surface area (Å²) in [6, 6.07) is 5.18. The van der Waals surface area contributed by atoms with Crippen LogP contribution in [-0.2, 0) is 76.2 Å². The van der Waals surface area contributed by atoms with E-state index in [4.69, 9.17) is 18.9 Å². The third kappa shape index (κ3) is 29.2. The maximum Gasteiger partial charge on any atom is 0.323 e. The van der Waals surface area contributed by atoms with Gasteiger partial charge in [0.15, 0.2) is 5.95 Å². The van der Waals surface area contributed by atoms with Crippen LogP contribution >= 0.6 is 0 Å². The van der Waals surface area contributed by atoms with E-state index >= 15 is 0 Å². The number of benzene rings is 2. The summed E-state index contributed by atoms with van der Waals surface area (Å²) < 4.78 is 53.7. The molecule has 12 N–H and O–H groups in total. The molecule has 5 rings (SSSR count). The zero-order valence-corrected chi connectivity index (χ0v) is 56.7. The highest BCUT2D eigenvalue weighted by molar-refractivity contribution is 7.89. The molecule has 542 valence electrons. The third-order valence-electron chi connectivity index (χ3n) is 15.4. The summed E-state index contributed by atoms with van der Waals surface area (Å²) in [7, 11) is -2.82. The lowest BCUT2D eigenvalue weighted by Gasteiger charge is -2.33. The van der Waals surface area contributed by atoms with E-state index in [1.54, 1.807) is 68.7 Å². The van der Waals surface area contributed by atoms with Crippen LogP contribution in [0.1, 0.15) is 72.5 Å². The Hall–Kier alpha value is -8.68. The minimum atomic E-state index is -4.48. The number of imidazole rings is 1. The molecule has 34 nitrogen and oxygen atoms in total. The van der Waals surface area contributed by atoms with Crippen LogP contribution in [0.15, 0.2) is 58.6 Å². The maximum absolute atomic E-state index is 13.7. The quantitative estimate of drug-likeness (QED) is 0.0230. The Morgan fingerprint density at radius 2 is 1.18 bits per heavy atom.